The summed E-state index contributed by atoms with van der Waals surface area (Å²) in [6, 6.07) is 8.21. The summed E-state index contributed by atoms with van der Waals surface area (Å²) in [5, 5.41) is 1.19. The fourth-order valence-corrected chi connectivity index (χ4v) is 1.94. The summed E-state index contributed by atoms with van der Waals surface area (Å²) in [5.41, 5.74) is 3.96. The number of fused-ring (bicyclic) bond motifs is 1. The van der Waals surface area contributed by atoms with Gasteiger partial charge in [0.2, 0.25) is 0 Å². The molecule has 0 radical (unpaired) electrons. The van der Waals surface area contributed by atoms with E-state index >= 15 is 0 Å². The van der Waals surface area contributed by atoms with E-state index in [2.05, 4.69) is 20.4 Å². The molecule has 2 aromatic heterocycles. The van der Waals surface area contributed by atoms with Crippen LogP contribution in [0.1, 0.15) is 0 Å². The second-order valence-electron chi connectivity index (χ2n) is 3.03. The summed E-state index contributed by atoms with van der Waals surface area (Å²) in [4.78, 5) is 7.33. The Morgan fingerprint density at radius 2 is 2.21 bits per heavy atom. The average Bonchev–Trinajstić information content (AvgIpc) is 2.88. The van der Waals surface area contributed by atoms with Crippen LogP contribution in [0.4, 0.5) is 0 Å². The molecule has 3 nitrogen and oxygen atoms in total. The van der Waals surface area contributed by atoms with E-state index in [1.807, 2.05) is 24.4 Å². The summed E-state index contributed by atoms with van der Waals surface area (Å²) < 4.78 is 4.20. The number of aromatic amines is 1. The van der Waals surface area contributed by atoms with Crippen molar-refractivity contribution in [2.24, 2.45) is 0 Å². The topological polar surface area (TPSA) is 41.6 Å². The summed E-state index contributed by atoms with van der Waals surface area (Å²) >= 11 is 1.37. The molecule has 0 spiro atoms. The number of benzene rings is 1. The molecule has 0 amide bonds. The quantitative estimate of drug-likeness (QED) is 0.657. The summed E-state index contributed by atoms with van der Waals surface area (Å²) in [6.07, 6.45) is 1.93. The SMILES string of the molecule is c1cc2cc(-c3ncsn3)ccc2[nH]1. The lowest BCUT2D eigenvalue weighted by atomic mass is 10.1. The van der Waals surface area contributed by atoms with Crippen LogP contribution in [-0.2, 0) is 0 Å². The molecule has 14 heavy (non-hydrogen) atoms. The standard InChI is InChI=1S/C10H7N3S/c1-2-9-7(3-4-11-9)5-8(1)10-12-6-14-13-10/h1-6,11H. The Morgan fingerprint density at radius 1 is 1.21 bits per heavy atom. The van der Waals surface area contributed by atoms with Crippen LogP contribution in [0.5, 0.6) is 0 Å². The molecule has 2 heterocycles. The first kappa shape index (κ1) is 7.70. The van der Waals surface area contributed by atoms with Crippen molar-refractivity contribution in [1.29, 1.82) is 0 Å². The van der Waals surface area contributed by atoms with Gasteiger partial charge in [0.05, 0.1) is 0 Å². The van der Waals surface area contributed by atoms with Crippen molar-refractivity contribution >= 4 is 22.4 Å². The van der Waals surface area contributed by atoms with Gasteiger partial charge < -0.3 is 4.98 Å². The fourth-order valence-electron chi connectivity index (χ4n) is 1.49. The Labute approximate surface area is 84.6 Å². The van der Waals surface area contributed by atoms with Crippen molar-refractivity contribution < 1.29 is 0 Å². The third-order valence-electron chi connectivity index (χ3n) is 2.17. The predicted octanol–water partition coefficient (Wildman–Crippen LogP) is 2.69. The Morgan fingerprint density at radius 3 is 3.07 bits per heavy atom. The maximum atomic E-state index is 4.20. The number of hydrogen-bond donors (Lipinski definition) is 1. The summed E-state index contributed by atoms with van der Waals surface area (Å²) in [7, 11) is 0. The normalized spacial score (nSPS) is 10.9. The smallest absolute Gasteiger partial charge is 0.172 e. The second-order valence-corrected chi connectivity index (χ2v) is 3.64. The van der Waals surface area contributed by atoms with E-state index in [0.717, 1.165) is 16.9 Å². The van der Waals surface area contributed by atoms with Gasteiger partial charge in [-0.2, -0.15) is 4.37 Å². The van der Waals surface area contributed by atoms with E-state index in [-0.39, 0.29) is 0 Å². The first-order valence-corrected chi connectivity index (χ1v) is 5.11. The molecule has 0 fully saturated rings. The third-order valence-corrected chi connectivity index (χ3v) is 2.65. The van der Waals surface area contributed by atoms with Crippen molar-refractivity contribution in [3.63, 3.8) is 0 Å². The van der Waals surface area contributed by atoms with E-state index < -0.39 is 0 Å². The van der Waals surface area contributed by atoms with Gasteiger partial charge in [-0.05, 0) is 35.8 Å². The fraction of sp³-hybridized carbons (Fsp3) is 0. The molecule has 0 saturated carbocycles. The second kappa shape index (κ2) is 2.92. The molecule has 0 atom stereocenters. The number of aromatic nitrogens is 3. The molecule has 0 unspecified atom stereocenters. The largest absolute Gasteiger partial charge is 0.361 e. The zero-order valence-corrected chi connectivity index (χ0v) is 8.08. The van der Waals surface area contributed by atoms with Crippen LogP contribution in [0.3, 0.4) is 0 Å². The molecule has 3 aromatic rings. The maximum absolute atomic E-state index is 4.20. The van der Waals surface area contributed by atoms with Gasteiger partial charge in [0.1, 0.15) is 5.51 Å². The first-order valence-electron chi connectivity index (χ1n) is 4.27. The first-order chi connectivity index (χ1) is 6.93. The Balaban J connectivity index is 2.23. The van der Waals surface area contributed by atoms with Gasteiger partial charge >= 0.3 is 0 Å². The Bertz CT molecular complexity index is 554. The summed E-state index contributed by atoms with van der Waals surface area (Å²) in [5.74, 6) is 0.804. The van der Waals surface area contributed by atoms with Crippen molar-refractivity contribution in [2.75, 3.05) is 0 Å². The minimum absolute atomic E-state index is 0.804. The van der Waals surface area contributed by atoms with Crippen LogP contribution in [0, 0.1) is 0 Å². The molecule has 0 aliphatic rings. The van der Waals surface area contributed by atoms with Gasteiger partial charge in [0.25, 0.3) is 0 Å². The highest BCUT2D eigenvalue weighted by atomic mass is 32.1. The lowest BCUT2D eigenvalue weighted by molar-refractivity contribution is 1.33. The van der Waals surface area contributed by atoms with Crippen LogP contribution < -0.4 is 0 Å². The molecule has 3 rings (SSSR count). The molecule has 1 N–H and O–H groups in total. The van der Waals surface area contributed by atoms with E-state index in [4.69, 9.17) is 0 Å². The number of hydrogen-bond acceptors (Lipinski definition) is 3. The molecule has 0 aliphatic heterocycles. The number of nitrogens with zero attached hydrogens (tertiary/aromatic N) is 2. The lowest BCUT2D eigenvalue weighted by Gasteiger charge is -1.95. The van der Waals surface area contributed by atoms with E-state index in [1.165, 1.54) is 16.9 Å². The minimum atomic E-state index is 0.804. The molecule has 1 aromatic carbocycles. The molecular weight excluding hydrogens is 194 g/mol. The zero-order chi connectivity index (χ0) is 9.38. The highest BCUT2D eigenvalue weighted by Crippen LogP contribution is 2.21. The van der Waals surface area contributed by atoms with E-state index in [9.17, 15) is 0 Å². The van der Waals surface area contributed by atoms with Gasteiger partial charge in [0, 0.05) is 22.7 Å². The predicted molar refractivity (Wildman–Crippen MR) is 57.2 cm³/mol. The number of H-pyrrole nitrogens is 1. The highest BCUT2D eigenvalue weighted by Gasteiger charge is 2.02. The van der Waals surface area contributed by atoms with Crippen LogP contribution in [0.2, 0.25) is 0 Å². The van der Waals surface area contributed by atoms with Crippen LogP contribution in [0.25, 0.3) is 22.3 Å². The average molecular weight is 201 g/mol. The lowest BCUT2D eigenvalue weighted by Crippen LogP contribution is -1.79. The molecule has 0 saturated heterocycles. The van der Waals surface area contributed by atoms with Crippen molar-refractivity contribution in [1.82, 2.24) is 14.3 Å². The molecule has 68 valence electrons. The van der Waals surface area contributed by atoms with Gasteiger partial charge in [-0.15, -0.1) is 0 Å². The number of rotatable bonds is 1. The van der Waals surface area contributed by atoms with Crippen LogP contribution >= 0.6 is 11.5 Å². The molecular formula is C10H7N3S. The Hall–Kier alpha value is -1.68. The maximum Gasteiger partial charge on any atom is 0.172 e. The third kappa shape index (κ3) is 1.12. The van der Waals surface area contributed by atoms with Gasteiger partial charge in [-0.1, -0.05) is 0 Å². The number of nitrogens with one attached hydrogen (secondary N) is 1. The zero-order valence-electron chi connectivity index (χ0n) is 7.27. The molecule has 0 aliphatic carbocycles. The van der Waals surface area contributed by atoms with Crippen LogP contribution in [-0.4, -0.2) is 14.3 Å². The van der Waals surface area contributed by atoms with Gasteiger partial charge in [-0.3, -0.25) is 0 Å². The van der Waals surface area contributed by atoms with Crippen molar-refractivity contribution in [2.45, 2.75) is 0 Å². The Kier molecular flexibility index (Phi) is 1.61. The van der Waals surface area contributed by atoms with Crippen molar-refractivity contribution in [3.05, 3.63) is 36.0 Å². The summed E-state index contributed by atoms with van der Waals surface area (Å²) in [6.45, 7) is 0. The highest BCUT2D eigenvalue weighted by molar-refractivity contribution is 7.03. The van der Waals surface area contributed by atoms with E-state index in [0.29, 0.717) is 0 Å². The van der Waals surface area contributed by atoms with E-state index in [1.54, 1.807) is 5.51 Å². The monoisotopic (exact) mass is 201 g/mol. The molecule has 0 bridgehead atoms. The minimum Gasteiger partial charge on any atom is -0.361 e. The van der Waals surface area contributed by atoms with Gasteiger partial charge in [0.15, 0.2) is 5.82 Å². The van der Waals surface area contributed by atoms with Crippen LogP contribution in [0.15, 0.2) is 36.0 Å². The van der Waals surface area contributed by atoms with Crippen molar-refractivity contribution in [3.8, 4) is 11.4 Å². The van der Waals surface area contributed by atoms with Gasteiger partial charge in [-0.25, -0.2) is 4.98 Å². The molecule has 4 heteroatoms.